The smallest absolute Gasteiger partial charge is 0.333 e. The number of carbonyl (C=O) groups is 1. The second-order valence-electron chi connectivity index (χ2n) is 6.10. The molecule has 0 spiro atoms. The summed E-state index contributed by atoms with van der Waals surface area (Å²) in [7, 11) is 1.65. The SMILES string of the molecule is C[C@H](c1nc2ccccc2s1)N(C)C(=O)/C=C/c1cccc(C(F)(F)F)c1. The van der Waals surface area contributed by atoms with Gasteiger partial charge in [0, 0.05) is 13.1 Å². The molecule has 0 unspecified atom stereocenters. The third-order valence-electron chi connectivity index (χ3n) is 4.23. The fourth-order valence-electron chi connectivity index (χ4n) is 2.53. The number of hydrogen-bond acceptors (Lipinski definition) is 3. The molecule has 140 valence electrons. The molecule has 0 N–H and O–H groups in total. The van der Waals surface area contributed by atoms with E-state index in [2.05, 4.69) is 4.98 Å². The molecule has 1 heterocycles. The standard InChI is InChI=1S/C20H17F3N2OS/c1-13(19-24-16-8-3-4-9-17(16)27-19)25(2)18(26)11-10-14-6-5-7-15(12-14)20(21,22)23/h3-13H,1-2H3/b11-10+/t13-/m1/s1. The summed E-state index contributed by atoms with van der Waals surface area (Å²) in [5.74, 6) is -0.306. The van der Waals surface area contributed by atoms with E-state index in [1.165, 1.54) is 40.5 Å². The number of para-hydroxylation sites is 1. The highest BCUT2D eigenvalue weighted by Crippen LogP contribution is 2.30. The summed E-state index contributed by atoms with van der Waals surface area (Å²) in [6, 6.07) is 12.3. The summed E-state index contributed by atoms with van der Waals surface area (Å²) < 4.78 is 39.4. The Morgan fingerprint density at radius 2 is 1.93 bits per heavy atom. The van der Waals surface area contributed by atoms with E-state index in [0.29, 0.717) is 5.56 Å². The second-order valence-corrected chi connectivity index (χ2v) is 7.16. The molecule has 0 saturated carbocycles. The molecule has 27 heavy (non-hydrogen) atoms. The highest BCUT2D eigenvalue weighted by atomic mass is 32.1. The maximum atomic E-state index is 12.8. The van der Waals surface area contributed by atoms with Crippen molar-refractivity contribution in [1.29, 1.82) is 0 Å². The minimum Gasteiger partial charge on any atom is -0.333 e. The van der Waals surface area contributed by atoms with Crippen LogP contribution in [0.2, 0.25) is 0 Å². The Balaban J connectivity index is 1.74. The summed E-state index contributed by atoms with van der Waals surface area (Å²) in [4.78, 5) is 18.5. The van der Waals surface area contributed by atoms with Gasteiger partial charge in [-0.25, -0.2) is 4.98 Å². The monoisotopic (exact) mass is 390 g/mol. The lowest BCUT2D eigenvalue weighted by Crippen LogP contribution is -2.27. The summed E-state index contributed by atoms with van der Waals surface area (Å²) >= 11 is 1.52. The van der Waals surface area contributed by atoms with Gasteiger partial charge in [-0.15, -0.1) is 11.3 Å². The zero-order valence-corrected chi connectivity index (χ0v) is 15.5. The predicted molar refractivity (Wildman–Crippen MR) is 101 cm³/mol. The van der Waals surface area contributed by atoms with Crippen molar-refractivity contribution in [1.82, 2.24) is 9.88 Å². The van der Waals surface area contributed by atoms with Crippen LogP contribution in [0.4, 0.5) is 13.2 Å². The van der Waals surface area contributed by atoms with Crippen LogP contribution < -0.4 is 0 Å². The number of hydrogen-bond donors (Lipinski definition) is 0. The number of aromatic nitrogens is 1. The van der Waals surface area contributed by atoms with Gasteiger partial charge in [-0.2, -0.15) is 13.2 Å². The molecule has 0 bridgehead atoms. The first-order valence-corrected chi connectivity index (χ1v) is 9.05. The first kappa shape index (κ1) is 19.1. The Bertz CT molecular complexity index is 961. The highest BCUT2D eigenvalue weighted by molar-refractivity contribution is 7.18. The van der Waals surface area contributed by atoms with Gasteiger partial charge in [0.15, 0.2) is 0 Å². The third kappa shape index (κ3) is 4.36. The molecule has 1 amide bonds. The van der Waals surface area contributed by atoms with E-state index in [1.807, 2.05) is 31.2 Å². The van der Waals surface area contributed by atoms with Crippen LogP contribution in [-0.2, 0) is 11.0 Å². The van der Waals surface area contributed by atoms with Crippen LogP contribution in [0, 0.1) is 0 Å². The average Bonchev–Trinajstić information content (AvgIpc) is 3.08. The van der Waals surface area contributed by atoms with Gasteiger partial charge < -0.3 is 4.90 Å². The van der Waals surface area contributed by atoms with Crippen LogP contribution in [0.3, 0.4) is 0 Å². The van der Waals surface area contributed by atoms with Crippen molar-refractivity contribution in [2.24, 2.45) is 0 Å². The van der Waals surface area contributed by atoms with Crippen LogP contribution >= 0.6 is 11.3 Å². The van der Waals surface area contributed by atoms with E-state index < -0.39 is 11.7 Å². The number of thiazole rings is 1. The first-order chi connectivity index (χ1) is 12.8. The number of alkyl halides is 3. The quantitative estimate of drug-likeness (QED) is 0.548. The molecule has 3 aromatic rings. The first-order valence-electron chi connectivity index (χ1n) is 8.23. The van der Waals surface area contributed by atoms with Crippen molar-refractivity contribution < 1.29 is 18.0 Å². The number of amides is 1. The molecule has 0 radical (unpaired) electrons. The molecule has 0 saturated heterocycles. The maximum Gasteiger partial charge on any atom is 0.416 e. The largest absolute Gasteiger partial charge is 0.416 e. The number of fused-ring (bicyclic) bond motifs is 1. The molecule has 3 rings (SSSR count). The molecule has 2 aromatic carbocycles. The van der Waals surface area contributed by atoms with Crippen molar-refractivity contribution in [3.05, 3.63) is 70.7 Å². The predicted octanol–water partition coefficient (Wildman–Crippen LogP) is 5.55. The molecule has 0 fully saturated rings. The van der Waals surface area contributed by atoms with E-state index in [0.717, 1.165) is 27.4 Å². The highest BCUT2D eigenvalue weighted by Gasteiger charge is 2.30. The molecular formula is C20H17F3N2OS. The molecule has 7 heteroatoms. The molecule has 0 aliphatic heterocycles. The Kier molecular flexibility index (Phi) is 5.32. The maximum absolute atomic E-state index is 12.8. The number of rotatable bonds is 4. The number of benzene rings is 2. The van der Waals surface area contributed by atoms with E-state index in [1.54, 1.807) is 7.05 Å². The Morgan fingerprint density at radius 3 is 2.63 bits per heavy atom. The van der Waals surface area contributed by atoms with E-state index in [9.17, 15) is 18.0 Å². The zero-order valence-electron chi connectivity index (χ0n) is 14.7. The fraction of sp³-hybridized carbons (Fsp3) is 0.200. The van der Waals surface area contributed by atoms with Gasteiger partial charge in [0.25, 0.3) is 0 Å². The summed E-state index contributed by atoms with van der Waals surface area (Å²) in [5, 5.41) is 0.805. The fourth-order valence-corrected chi connectivity index (χ4v) is 3.59. The lowest BCUT2D eigenvalue weighted by Gasteiger charge is -2.21. The van der Waals surface area contributed by atoms with Crippen LogP contribution in [-0.4, -0.2) is 22.8 Å². The lowest BCUT2D eigenvalue weighted by molar-refractivity contribution is -0.137. The Morgan fingerprint density at radius 1 is 1.19 bits per heavy atom. The molecule has 3 nitrogen and oxygen atoms in total. The van der Waals surface area contributed by atoms with Gasteiger partial charge in [-0.3, -0.25) is 4.79 Å². The summed E-state index contributed by atoms with van der Waals surface area (Å²) in [5.41, 5.74) is 0.456. The van der Waals surface area contributed by atoms with E-state index in [4.69, 9.17) is 0 Å². The van der Waals surface area contributed by atoms with Crippen LogP contribution in [0.1, 0.15) is 29.1 Å². The van der Waals surface area contributed by atoms with Crippen molar-refractivity contribution >= 4 is 33.5 Å². The van der Waals surface area contributed by atoms with Crippen molar-refractivity contribution in [3.8, 4) is 0 Å². The Labute approximate surface area is 158 Å². The minimum absolute atomic E-state index is 0.249. The van der Waals surface area contributed by atoms with Crippen molar-refractivity contribution in [2.45, 2.75) is 19.1 Å². The van der Waals surface area contributed by atoms with Gasteiger partial charge in [0.2, 0.25) is 5.91 Å². The van der Waals surface area contributed by atoms with Gasteiger partial charge in [0.05, 0.1) is 21.8 Å². The molecular weight excluding hydrogens is 373 g/mol. The molecule has 1 aromatic heterocycles. The van der Waals surface area contributed by atoms with Crippen LogP contribution in [0.15, 0.2) is 54.6 Å². The number of carbonyl (C=O) groups excluding carboxylic acids is 1. The molecule has 0 aliphatic carbocycles. The summed E-state index contributed by atoms with van der Waals surface area (Å²) in [6.45, 7) is 1.87. The zero-order chi connectivity index (χ0) is 19.6. The number of halogens is 3. The Hall–Kier alpha value is -2.67. The molecule has 1 atom stereocenters. The molecule has 0 aliphatic rings. The van der Waals surface area contributed by atoms with E-state index >= 15 is 0 Å². The van der Waals surface area contributed by atoms with Crippen LogP contribution in [0.25, 0.3) is 16.3 Å². The summed E-state index contributed by atoms with van der Waals surface area (Å²) in [6.07, 6.45) is -1.75. The van der Waals surface area contributed by atoms with Gasteiger partial charge in [-0.05, 0) is 42.8 Å². The normalized spacial score (nSPS) is 13.2. The topological polar surface area (TPSA) is 33.2 Å². The van der Waals surface area contributed by atoms with Crippen molar-refractivity contribution in [2.75, 3.05) is 7.05 Å². The van der Waals surface area contributed by atoms with Crippen LogP contribution in [0.5, 0.6) is 0 Å². The minimum atomic E-state index is -4.41. The lowest BCUT2D eigenvalue weighted by atomic mass is 10.1. The van der Waals surface area contributed by atoms with E-state index in [-0.39, 0.29) is 11.9 Å². The second kappa shape index (κ2) is 7.52. The number of nitrogens with zero attached hydrogens (tertiary/aromatic N) is 2. The number of likely N-dealkylation sites (N-methyl/N-ethyl adjacent to an activating group) is 1. The van der Waals surface area contributed by atoms with Gasteiger partial charge in [0.1, 0.15) is 5.01 Å². The van der Waals surface area contributed by atoms with Gasteiger partial charge in [-0.1, -0.05) is 24.3 Å². The van der Waals surface area contributed by atoms with Crippen molar-refractivity contribution in [3.63, 3.8) is 0 Å². The average molecular weight is 390 g/mol. The third-order valence-corrected chi connectivity index (χ3v) is 5.44. The van der Waals surface area contributed by atoms with Gasteiger partial charge >= 0.3 is 6.18 Å².